The fraction of sp³-hybridized carbons (Fsp3) is 0.696. The average molecular weight is 815 g/mol. The second kappa shape index (κ2) is 73.7. The van der Waals surface area contributed by atoms with E-state index in [1.807, 2.05) is 25.0 Å². The molecule has 0 bridgehead atoms. The molecule has 3 unspecified atom stereocenters. The van der Waals surface area contributed by atoms with Crippen LogP contribution in [0, 0.1) is 34.5 Å². The van der Waals surface area contributed by atoms with Gasteiger partial charge in [0, 0.05) is 18.6 Å². The van der Waals surface area contributed by atoms with Gasteiger partial charge in [-0.15, -0.1) is 0 Å². The number of nitrogens with zero attached hydrogens (tertiary/aromatic N) is 3. The molecule has 3 amide bonds. The average Bonchev–Trinajstić information content (AvgIpc) is 3.30. The smallest absolute Gasteiger partial charge is 0.841 e. The van der Waals surface area contributed by atoms with Gasteiger partial charge < -0.3 is 48.5 Å². The predicted octanol–water partition coefficient (Wildman–Crippen LogP) is -11.8. The van der Waals surface area contributed by atoms with Crippen molar-refractivity contribution in [1.29, 1.82) is 15.8 Å². The van der Waals surface area contributed by atoms with Crippen LogP contribution in [0.4, 0.5) is 4.79 Å². The summed E-state index contributed by atoms with van der Waals surface area (Å²) in [4.78, 5) is 42.3. The van der Waals surface area contributed by atoms with E-state index in [0.29, 0.717) is 25.7 Å². The first kappa shape index (κ1) is 78.4. The van der Waals surface area contributed by atoms with Crippen LogP contribution < -0.4 is 238 Å². The van der Waals surface area contributed by atoms with Gasteiger partial charge in [-0.05, 0) is 79.5 Å². The Hall–Kier alpha value is 4.34. The van der Waals surface area contributed by atoms with Crippen molar-refractivity contribution in [2.24, 2.45) is 0 Å². The van der Waals surface area contributed by atoms with Crippen molar-refractivity contribution < 1.29 is 245 Å². The van der Waals surface area contributed by atoms with Gasteiger partial charge in [0.05, 0.1) is 0 Å². The van der Waals surface area contributed by atoms with Crippen LogP contribution in [-0.4, -0.2) is 91.0 Å². The van der Waals surface area contributed by atoms with Crippen LogP contribution in [0.3, 0.4) is 0 Å². The van der Waals surface area contributed by atoms with Gasteiger partial charge in [0.25, 0.3) is 12.4 Å². The largest absolute Gasteiger partial charge is 1.00 e. The molecule has 14 nitrogen and oxygen atoms in total. The van der Waals surface area contributed by atoms with Gasteiger partial charge in [0.2, 0.25) is 0 Å². The zero-order chi connectivity index (χ0) is 31.3. The van der Waals surface area contributed by atoms with E-state index in [0.717, 1.165) is 29.3 Å². The van der Waals surface area contributed by atoms with Crippen LogP contribution in [0.5, 0.6) is 0 Å². The quantitative estimate of drug-likeness (QED) is 0.0296. The second-order valence-electron chi connectivity index (χ2n) is 6.24. The minimum Gasteiger partial charge on any atom is -0.841 e. The maximum atomic E-state index is 10.9. The number of rotatable bonds is 13. The Kier molecular flexibility index (Phi) is 128. The zero-order valence-electron chi connectivity index (χ0n) is 27.0. The maximum absolute atomic E-state index is 10.9. The van der Waals surface area contributed by atoms with Crippen molar-refractivity contribution in [2.45, 2.75) is 51.4 Å². The summed E-state index contributed by atoms with van der Waals surface area (Å²) in [7, 11) is 0. The number of nitrogens with one attached hydrogen (secondary N) is 2. The summed E-state index contributed by atoms with van der Waals surface area (Å²) in [5.41, 5.74) is 0. The number of thioether (sulfide) groups is 4. The van der Waals surface area contributed by atoms with E-state index in [-0.39, 0.29) is 244 Å². The number of urea groups is 1. The number of carbonyl (C=O) groups is 4. The second-order valence-corrected chi connectivity index (χ2v) is 10.2. The van der Waals surface area contributed by atoms with Gasteiger partial charge in [-0.1, -0.05) is 7.43 Å². The van der Waals surface area contributed by atoms with Gasteiger partial charge in [-0.2, -0.15) is 57.6 Å². The van der Waals surface area contributed by atoms with Gasteiger partial charge >= 0.3 is 212 Å². The molecule has 0 aromatic rings. The van der Waals surface area contributed by atoms with E-state index in [4.69, 9.17) is 32.4 Å². The Morgan fingerprint density at radius 2 is 1.22 bits per heavy atom. The first-order valence-corrected chi connectivity index (χ1v) is 16.3. The molecule has 1 heterocycles. The first-order valence-electron chi connectivity index (χ1n) is 10.7. The molecular formula is C23H42K4N6O8S4. The minimum absolute atomic E-state index is 0. The van der Waals surface area contributed by atoms with E-state index in [1.54, 1.807) is 59.2 Å². The molecule has 0 saturated carbocycles. The van der Waals surface area contributed by atoms with Crippen LogP contribution in [0.15, 0.2) is 0 Å². The fourth-order valence-corrected chi connectivity index (χ4v) is 3.35. The van der Waals surface area contributed by atoms with E-state index in [1.165, 1.54) is 0 Å². The number of hydrogen-bond donors (Lipinski definition) is 3. The molecule has 0 aliphatic carbocycles. The SMILES string of the molecule is C.CSCCC([O-])C#N.CSCCC([O-])C#N.CSCCC1NC(=O)NC1=O.CSCCC=O.N.O=CO[O-].[C-]#N.[K+].[K+].[K+].[K+]. The number of hydrogen-bond acceptors (Lipinski definition) is 16. The third kappa shape index (κ3) is 78.6. The molecule has 0 aromatic heterocycles. The Morgan fingerprint density at radius 1 is 0.867 bits per heavy atom. The Bertz CT molecular complexity index is 693. The normalized spacial score (nSPS) is 11.8. The van der Waals surface area contributed by atoms with Crippen LogP contribution in [-0.2, 0) is 19.3 Å². The molecular weight excluding hydrogens is 773 g/mol. The minimum atomic E-state index is -1.01. The fourth-order valence-electron chi connectivity index (χ4n) is 1.64. The van der Waals surface area contributed by atoms with Gasteiger partial charge in [-0.3, -0.25) is 14.9 Å². The topological polar surface area (TPSA) is 277 Å². The van der Waals surface area contributed by atoms with Crippen molar-refractivity contribution in [1.82, 2.24) is 16.8 Å². The number of carbonyl (C=O) groups excluding carboxylic acids is 4. The van der Waals surface area contributed by atoms with Crippen molar-refractivity contribution in [3.63, 3.8) is 0 Å². The number of amides is 3. The molecule has 240 valence electrons. The third-order valence-electron chi connectivity index (χ3n) is 3.40. The summed E-state index contributed by atoms with van der Waals surface area (Å²) < 4.78 is 0. The van der Waals surface area contributed by atoms with Gasteiger partial charge in [-0.25, -0.2) is 4.79 Å². The first-order chi connectivity index (χ1) is 18.7. The molecule has 0 aromatic carbocycles. The molecule has 0 radical (unpaired) electrons. The van der Waals surface area contributed by atoms with E-state index >= 15 is 0 Å². The molecule has 5 N–H and O–H groups in total. The van der Waals surface area contributed by atoms with Crippen LogP contribution in [0.2, 0.25) is 0 Å². The molecule has 3 atom stereocenters. The number of imide groups is 1. The molecule has 0 spiro atoms. The summed E-state index contributed by atoms with van der Waals surface area (Å²) in [6.07, 6.45) is 9.06. The number of aldehydes is 1. The summed E-state index contributed by atoms with van der Waals surface area (Å²) in [6, 6.07) is 2.58. The van der Waals surface area contributed by atoms with Crippen molar-refractivity contribution >= 4 is 71.7 Å². The molecule has 1 rings (SSSR count). The molecule has 1 fully saturated rings. The Morgan fingerprint density at radius 3 is 1.42 bits per heavy atom. The molecule has 1 aliphatic rings. The monoisotopic (exact) mass is 814 g/mol. The van der Waals surface area contributed by atoms with Crippen LogP contribution >= 0.6 is 47.0 Å². The van der Waals surface area contributed by atoms with Crippen molar-refractivity contribution in [3.05, 3.63) is 6.57 Å². The molecule has 1 aliphatic heterocycles. The molecule has 22 heteroatoms. The summed E-state index contributed by atoms with van der Waals surface area (Å²) in [5, 5.41) is 55.9. The summed E-state index contributed by atoms with van der Waals surface area (Å²) >= 11 is 6.54. The molecule has 1 saturated heterocycles. The van der Waals surface area contributed by atoms with Gasteiger partial charge in [0.15, 0.2) is 0 Å². The van der Waals surface area contributed by atoms with E-state index in [2.05, 4.69) is 15.5 Å². The summed E-state index contributed by atoms with van der Waals surface area (Å²) in [5.74, 6) is 3.23. The van der Waals surface area contributed by atoms with E-state index < -0.39 is 12.2 Å². The van der Waals surface area contributed by atoms with E-state index in [9.17, 15) is 24.6 Å². The Labute approximate surface area is 456 Å². The van der Waals surface area contributed by atoms with Crippen molar-refractivity contribution in [2.75, 3.05) is 48.0 Å². The maximum Gasteiger partial charge on any atom is 1.00 e. The van der Waals surface area contributed by atoms with Crippen molar-refractivity contribution in [3.8, 4) is 12.1 Å². The zero-order valence-corrected chi connectivity index (χ0v) is 42.7. The number of nitriles is 2. The third-order valence-corrected chi connectivity index (χ3v) is 5.98. The predicted molar refractivity (Wildman–Crippen MR) is 161 cm³/mol. The summed E-state index contributed by atoms with van der Waals surface area (Å²) in [6.45, 7) is 4.57. The standard InChI is InChI=1S/C6H10N2O2S.2C5H8NOS.C4H8OS.CN.CH2O3.CH4.4K.H3N/c1-11-3-2-4-5(9)8-6(10)7-4;2*1-8-3-2-5(7)4-6;1-6-4-2-3-5;1-2;2-1-4-3;;;;;;/h4H,2-3H2,1H3,(H2,7,8,9,10);2*5H,2-3H2,1H3;3H,2,4H2,1H3;;1,3H;1H4;;;;;1H3/q;2*-1;;-1;;;4*+1;/p-1. The van der Waals surface area contributed by atoms with Crippen LogP contribution in [0.25, 0.3) is 0 Å². The van der Waals surface area contributed by atoms with Crippen LogP contribution in [0.1, 0.15) is 33.1 Å². The van der Waals surface area contributed by atoms with Gasteiger partial charge in [0.1, 0.15) is 12.3 Å². The Balaban J connectivity index is -0.0000000350. The molecule has 45 heavy (non-hydrogen) atoms.